The Bertz CT molecular complexity index is 510. The molecule has 2 rings (SSSR count). The molecule has 0 radical (unpaired) electrons. The second kappa shape index (κ2) is 5.71. The maximum Gasteiger partial charge on any atom is 0.251 e. The molecule has 1 heterocycles. The van der Waals surface area contributed by atoms with Crippen molar-refractivity contribution in [2.24, 2.45) is 11.7 Å². The second-order valence-electron chi connectivity index (χ2n) is 4.90. The predicted molar refractivity (Wildman–Crippen MR) is 74.5 cm³/mol. The number of primary amides is 1. The van der Waals surface area contributed by atoms with E-state index in [0.717, 1.165) is 24.8 Å². The third-order valence-corrected chi connectivity index (χ3v) is 4.46. The van der Waals surface area contributed by atoms with Crippen molar-refractivity contribution in [3.63, 3.8) is 0 Å². The SMILES string of the molecule is COCC(=O)Nc1sc2c(c1C(N)=O)CCC(C)C2. The number of ether oxygens (including phenoxy) is 1. The standard InChI is InChI=1S/C13H18N2O3S/c1-7-3-4-8-9(5-7)19-13(11(8)12(14)17)15-10(16)6-18-2/h7H,3-6H2,1-2H3,(H2,14,17)(H,15,16). The molecule has 0 aliphatic heterocycles. The molecule has 0 saturated carbocycles. The van der Waals surface area contributed by atoms with E-state index in [2.05, 4.69) is 12.2 Å². The van der Waals surface area contributed by atoms with Crippen LogP contribution in [0.2, 0.25) is 0 Å². The molecule has 0 saturated heterocycles. The van der Waals surface area contributed by atoms with E-state index < -0.39 is 5.91 Å². The maximum absolute atomic E-state index is 11.6. The van der Waals surface area contributed by atoms with Crippen molar-refractivity contribution in [2.75, 3.05) is 19.0 Å². The van der Waals surface area contributed by atoms with Crippen LogP contribution in [-0.2, 0) is 22.4 Å². The Kier molecular flexibility index (Phi) is 4.21. The lowest BCUT2D eigenvalue weighted by molar-refractivity contribution is -0.119. The Labute approximate surface area is 116 Å². The topological polar surface area (TPSA) is 81.4 Å². The first-order chi connectivity index (χ1) is 9.02. The monoisotopic (exact) mass is 282 g/mol. The molecule has 1 unspecified atom stereocenters. The number of hydrogen-bond acceptors (Lipinski definition) is 4. The van der Waals surface area contributed by atoms with Gasteiger partial charge in [0.2, 0.25) is 0 Å². The summed E-state index contributed by atoms with van der Waals surface area (Å²) in [4.78, 5) is 24.4. The molecule has 0 spiro atoms. The molecule has 5 nitrogen and oxygen atoms in total. The molecule has 104 valence electrons. The van der Waals surface area contributed by atoms with Crippen LogP contribution in [0.1, 0.15) is 34.1 Å². The fraction of sp³-hybridized carbons (Fsp3) is 0.538. The molecular formula is C13H18N2O3S. The van der Waals surface area contributed by atoms with Gasteiger partial charge in [-0.1, -0.05) is 6.92 Å². The summed E-state index contributed by atoms with van der Waals surface area (Å²) in [5.74, 6) is -0.134. The van der Waals surface area contributed by atoms with Crippen LogP contribution >= 0.6 is 11.3 Å². The highest BCUT2D eigenvalue weighted by Crippen LogP contribution is 2.39. The van der Waals surface area contributed by atoms with Crippen molar-refractivity contribution < 1.29 is 14.3 Å². The fourth-order valence-corrected chi connectivity index (χ4v) is 3.83. The van der Waals surface area contributed by atoms with Crippen molar-refractivity contribution >= 4 is 28.2 Å². The Morgan fingerprint density at radius 2 is 2.26 bits per heavy atom. The van der Waals surface area contributed by atoms with E-state index in [1.54, 1.807) is 0 Å². The van der Waals surface area contributed by atoms with E-state index in [9.17, 15) is 9.59 Å². The summed E-state index contributed by atoms with van der Waals surface area (Å²) in [6.07, 6.45) is 2.85. The number of hydrogen-bond donors (Lipinski definition) is 2. The van der Waals surface area contributed by atoms with Crippen molar-refractivity contribution in [1.29, 1.82) is 0 Å². The summed E-state index contributed by atoms with van der Waals surface area (Å²) in [7, 11) is 1.45. The highest BCUT2D eigenvalue weighted by atomic mass is 32.1. The lowest BCUT2D eigenvalue weighted by Gasteiger charge is -2.18. The van der Waals surface area contributed by atoms with Gasteiger partial charge in [0.25, 0.3) is 11.8 Å². The molecule has 1 aliphatic carbocycles. The average Bonchev–Trinajstić information content (AvgIpc) is 2.65. The highest BCUT2D eigenvalue weighted by Gasteiger charge is 2.27. The molecular weight excluding hydrogens is 264 g/mol. The third kappa shape index (κ3) is 2.96. The van der Waals surface area contributed by atoms with Crippen LogP contribution in [0.5, 0.6) is 0 Å². The van der Waals surface area contributed by atoms with Gasteiger partial charge in [0.1, 0.15) is 11.6 Å². The normalized spacial score (nSPS) is 17.9. The maximum atomic E-state index is 11.6. The van der Waals surface area contributed by atoms with E-state index in [4.69, 9.17) is 10.5 Å². The molecule has 0 aromatic carbocycles. The first-order valence-corrected chi connectivity index (χ1v) is 7.07. The number of anilines is 1. The zero-order valence-corrected chi connectivity index (χ0v) is 11.9. The summed E-state index contributed by atoms with van der Waals surface area (Å²) in [6.45, 7) is 2.16. The van der Waals surface area contributed by atoms with Crippen LogP contribution in [-0.4, -0.2) is 25.5 Å². The molecule has 3 N–H and O–H groups in total. The van der Waals surface area contributed by atoms with Gasteiger partial charge in [0.15, 0.2) is 0 Å². The number of carbonyl (C=O) groups is 2. The van der Waals surface area contributed by atoms with E-state index in [1.807, 2.05) is 0 Å². The summed E-state index contributed by atoms with van der Waals surface area (Å²) in [6, 6.07) is 0. The van der Waals surface area contributed by atoms with Gasteiger partial charge >= 0.3 is 0 Å². The van der Waals surface area contributed by atoms with E-state index in [0.29, 0.717) is 16.5 Å². The Morgan fingerprint density at radius 1 is 1.53 bits per heavy atom. The Hall–Kier alpha value is -1.40. The number of nitrogens with two attached hydrogens (primary N) is 1. The van der Waals surface area contributed by atoms with E-state index >= 15 is 0 Å². The molecule has 0 fully saturated rings. The number of methoxy groups -OCH3 is 1. The van der Waals surface area contributed by atoms with E-state index in [-0.39, 0.29) is 12.5 Å². The summed E-state index contributed by atoms with van der Waals surface area (Å²) < 4.78 is 4.77. The minimum absolute atomic E-state index is 0.0306. The molecule has 2 amide bonds. The van der Waals surface area contributed by atoms with Crippen LogP contribution in [0.15, 0.2) is 0 Å². The quantitative estimate of drug-likeness (QED) is 0.879. The predicted octanol–water partition coefficient (Wildman–Crippen LogP) is 1.56. The highest BCUT2D eigenvalue weighted by molar-refractivity contribution is 7.17. The first-order valence-electron chi connectivity index (χ1n) is 6.26. The zero-order chi connectivity index (χ0) is 14.0. The molecule has 1 atom stereocenters. The first kappa shape index (κ1) is 14.0. The number of thiophene rings is 1. The molecule has 19 heavy (non-hydrogen) atoms. The van der Waals surface area contributed by atoms with Crippen LogP contribution in [0.3, 0.4) is 0 Å². The second-order valence-corrected chi connectivity index (χ2v) is 6.01. The molecule has 1 aromatic rings. The fourth-order valence-electron chi connectivity index (χ4n) is 2.39. The van der Waals surface area contributed by atoms with Crippen LogP contribution in [0.4, 0.5) is 5.00 Å². The van der Waals surface area contributed by atoms with Gasteiger partial charge in [-0.05, 0) is 30.7 Å². The summed E-state index contributed by atoms with van der Waals surface area (Å²) in [5, 5.41) is 3.28. The molecule has 0 bridgehead atoms. The van der Waals surface area contributed by atoms with Gasteiger partial charge in [0, 0.05) is 12.0 Å². The summed E-state index contributed by atoms with van der Waals surface area (Å²) in [5.41, 5.74) is 6.95. The van der Waals surface area contributed by atoms with E-state index in [1.165, 1.54) is 23.3 Å². The Morgan fingerprint density at radius 3 is 2.89 bits per heavy atom. The lowest BCUT2D eigenvalue weighted by atomic mass is 9.88. The number of nitrogens with one attached hydrogen (secondary N) is 1. The van der Waals surface area contributed by atoms with Crippen molar-refractivity contribution in [3.8, 4) is 0 Å². The zero-order valence-electron chi connectivity index (χ0n) is 11.1. The summed E-state index contributed by atoms with van der Waals surface area (Å²) >= 11 is 1.46. The van der Waals surface area contributed by atoms with Crippen LogP contribution < -0.4 is 11.1 Å². The molecule has 6 heteroatoms. The average molecular weight is 282 g/mol. The van der Waals surface area contributed by atoms with Crippen LogP contribution in [0.25, 0.3) is 0 Å². The number of carbonyl (C=O) groups excluding carboxylic acids is 2. The smallest absolute Gasteiger partial charge is 0.251 e. The Balaban J connectivity index is 2.32. The van der Waals surface area contributed by atoms with Gasteiger partial charge in [-0.3, -0.25) is 9.59 Å². The number of rotatable bonds is 4. The van der Waals surface area contributed by atoms with Gasteiger partial charge < -0.3 is 15.8 Å². The molecule has 1 aromatic heterocycles. The van der Waals surface area contributed by atoms with Crippen LogP contribution in [0, 0.1) is 5.92 Å². The lowest BCUT2D eigenvalue weighted by Crippen LogP contribution is -2.21. The number of fused-ring (bicyclic) bond motifs is 1. The largest absolute Gasteiger partial charge is 0.375 e. The third-order valence-electron chi connectivity index (χ3n) is 3.29. The van der Waals surface area contributed by atoms with Gasteiger partial charge in [-0.15, -0.1) is 11.3 Å². The van der Waals surface area contributed by atoms with Crippen molar-refractivity contribution in [3.05, 3.63) is 16.0 Å². The van der Waals surface area contributed by atoms with Crippen molar-refractivity contribution in [2.45, 2.75) is 26.2 Å². The van der Waals surface area contributed by atoms with Gasteiger partial charge in [-0.25, -0.2) is 0 Å². The van der Waals surface area contributed by atoms with Gasteiger partial charge in [0.05, 0.1) is 5.56 Å². The minimum atomic E-state index is -0.472. The molecule has 1 aliphatic rings. The van der Waals surface area contributed by atoms with Crippen molar-refractivity contribution in [1.82, 2.24) is 0 Å². The number of amides is 2. The van der Waals surface area contributed by atoms with Gasteiger partial charge in [-0.2, -0.15) is 0 Å². The minimum Gasteiger partial charge on any atom is -0.375 e.